The SMILES string of the molecule is COc1ccc(NC(=O)N[C@H]2CC(=O)N(C3CCCCCC3)C2)c(C)c1. The number of benzene rings is 1. The molecule has 1 aliphatic carbocycles. The first-order valence-electron chi connectivity index (χ1n) is 9.58. The van der Waals surface area contributed by atoms with Crippen molar-refractivity contribution < 1.29 is 14.3 Å². The third-order valence-electron chi connectivity index (χ3n) is 5.44. The summed E-state index contributed by atoms with van der Waals surface area (Å²) in [5, 5.41) is 5.83. The van der Waals surface area contributed by atoms with Crippen LogP contribution in [-0.2, 0) is 4.79 Å². The number of likely N-dealkylation sites (tertiary alicyclic amines) is 1. The lowest BCUT2D eigenvalue weighted by atomic mass is 10.1. The fourth-order valence-electron chi connectivity index (χ4n) is 4.00. The van der Waals surface area contributed by atoms with Crippen LogP contribution in [0.3, 0.4) is 0 Å². The second kappa shape index (κ2) is 8.43. The number of anilines is 1. The van der Waals surface area contributed by atoms with Gasteiger partial charge >= 0.3 is 6.03 Å². The lowest BCUT2D eigenvalue weighted by Crippen LogP contribution is -2.42. The fourth-order valence-corrected chi connectivity index (χ4v) is 4.00. The molecule has 2 fully saturated rings. The van der Waals surface area contributed by atoms with Crippen LogP contribution >= 0.6 is 0 Å². The van der Waals surface area contributed by atoms with Gasteiger partial charge in [-0.1, -0.05) is 25.7 Å². The normalized spacial score (nSPS) is 21.4. The van der Waals surface area contributed by atoms with E-state index >= 15 is 0 Å². The number of nitrogens with zero attached hydrogens (tertiary/aromatic N) is 1. The lowest BCUT2D eigenvalue weighted by Gasteiger charge is -2.27. The van der Waals surface area contributed by atoms with Crippen LogP contribution in [0, 0.1) is 6.92 Å². The van der Waals surface area contributed by atoms with Crippen molar-refractivity contribution in [3.8, 4) is 5.75 Å². The van der Waals surface area contributed by atoms with Gasteiger partial charge in [-0.2, -0.15) is 0 Å². The molecule has 0 unspecified atom stereocenters. The van der Waals surface area contributed by atoms with E-state index in [1.165, 1.54) is 25.7 Å². The molecule has 1 aliphatic heterocycles. The molecule has 2 N–H and O–H groups in total. The Bertz CT molecular complexity index is 654. The molecule has 142 valence electrons. The molecule has 3 rings (SSSR count). The second-order valence-corrected chi connectivity index (χ2v) is 7.37. The number of nitrogens with one attached hydrogen (secondary N) is 2. The van der Waals surface area contributed by atoms with Gasteiger partial charge in [0.05, 0.1) is 13.2 Å². The highest BCUT2D eigenvalue weighted by Gasteiger charge is 2.35. The molecular formula is C20H29N3O3. The van der Waals surface area contributed by atoms with Gasteiger partial charge in [-0.3, -0.25) is 4.79 Å². The van der Waals surface area contributed by atoms with Gasteiger partial charge in [-0.15, -0.1) is 0 Å². The minimum atomic E-state index is -0.265. The summed E-state index contributed by atoms with van der Waals surface area (Å²) in [5.41, 5.74) is 1.68. The van der Waals surface area contributed by atoms with Crippen LogP contribution in [-0.4, -0.2) is 42.6 Å². The minimum Gasteiger partial charge on any atom is -0.497 e. The molecule has 1 saturated carbocycles. The Morgan fingerprint density at radius 1 is 1.19 bits per heavy atom. The van der Waals surface area contributed by atoms with Gasteiger partial charge in [0, 0.05) is 24.7 Å². The predicted octanol–water partition coefficient (Wildman–Crippen LogP) is 3.45. The first-order chi connectivity index (χ1) is 12.6. The van der Waals surface area contributed by atoms with Crippen LogP contribution < -0.4 is 15.4 Å². The molecule has 1 aromatic rings. The highest BCUT2D eigenvalue weighted by Crippen LogP contribution is 2.26. The average molecular weight is 359 g/mol. The first-order valence-corrected chi connectivity index (χ1v) is 9.58. The van der Waals surface area contributed by atoms with Crippen LogP contribution in [0.4, 0.5) is 10.5 Å². The molecular weight excluding hydrogens is 330 g/mol. The fraction of sp³-hybridized carbons (Fsp3) is 0.600. The van der Waals surface area contributed by atoms with Crippen molar-refractivity contribution in [3.05, 3.63) is 23.8 Å². The Labute approximate surface area is 155 Å². The Morgan fingerprint density at radius 2 is 1.92 bits per heavy atom. The van der Waals surface area contributed by atoms with Crippen LogP contribution in [0.15, 0.2) is 18.2 Å². The van der Waals surface area contributed by atoms with Crippen LogP contribution in [0.2, 0.25) is 0 Å². The van der Waals surface area contributed by atoms with E-state index in [1.54, 1.807) is 7.11 Å². The minimum absolute atomic E-state index is 0.121. The number of methoxy groups -OCH3 is 1. The number of hydrogen-bond donors (Lipinski definition) is 2. The number of hydrogen-bond acceptors (Lipinski definition) is 3. The van der Waals surface area contributed by atoms with Gasteiger partial charge in [0.15, 0.2) is 0 Å². The van der Waals surface area contributed by atoms with Crippen molar-refractivity contribution in [2.45, 2.75) is 64.0 Å². The molecule has 1 atom stereocenters. The number of ether oxygens (including phenoxy) is 1. The van der Waals surface area contributed by atoms with Gasteiger partial charge in [-0.25, -0.2) is 4.79 Å². The van der Waals surface area contributed by atoms with Crippen molar-refractivity contribution in [1.82, 2.24) is 10.2 Å². The molecule has 26 heavy (non-hydrogen) atoms. The van der Waals surface area contributed by atoms with Gasteiger partial charge in [-0.05, 0) is 43.5 Å². The summed E-state index contributed by atoms with van der Waals surface area (Å²) in [6.45, 7) is 2.55. The number of urea groups is 1. The van der Waals surface area contributed by atoms with Gasteiger partial charge < -0.3 is 20.3 Å². The zero-order valence-corrected chi connectivity index (χ0v) is 15.7. The zero-order chi connectivity index (χ0) is 18.5. The third kappa shape index (κ3) is 4.48. The summed E-state index contributed by atoms with van der Waals surface area (Å²) >= 11 is 0. The van der Waals surface area contributed by atoms with E-state index in [9.17, 15) is 9.59 Å². The quantitative estimate of drug-likeness (QED) is 0.809. The standard InChI is InChI=1S/C20H29N3O3/c1-14-11-17(26-2)9-10-18(14)22-20(25)21-15-12-19(24)23(13-15)16-7-5-3-4-6-8-16/h9-11,15-16H,3-8,12-13H2,1-2H3,(H2,21,22,25)/t15-/m0/s1. The Balaban J connectivity index is 1.54. The summed E-state index contributed by atoms with van der Waals surface area (Å²) in [6, 6.07) is 5.48. The molecule has 1 saturated heterocycles. The maximum Gasteiger partial charge on any atom is 0.319 e. The number of carbonyl (C=O) groups excluding carboxylic acids is 2. The van der Waals surface area contributed by atoms with Crippen molar-refractivity contribution in [2.24, 2.45) is 0 Å². The van der Waals surface area contributed by atoms with Gasteiger partial charge in [0.2, 0.25) is 5.91 Å². The third-order valence-corrected chi connectivity index (χ3v) is 5.44. The van der Waals surface area contributed by atoms with E-state index < -0.39 is 0 Å². The monoisotopic (exact) mass is 359 g/mol. The van der Waals surface area contributed by atoms with Crippen LogP contribution in [0.25, 0.3) is 0 Å². The number of amides is 3. The van der Waals surface area contributed by atoms with Crippen LogP contribution in [0.5, 0.6) is 5.75 Å². The summed E-state index contributed by atoms with van der Waals surface area (Å²) < 4.78 is 5.18. The smallest absolute Gasteiger partial charge is 0.319 e. The largest absolute Gasteiger partial charge is 0.497 e. The second-order valence-electron chi connectivity index (χ2n) is 7.37. The molecule has 1 aromatic carbocycles. The highest BCUT2D eigenvalue weighted by molar-refractivity contribution is 5.91. The van der Waals surface area contributed by atoms with Gasteiger partial charge in [0.25, 0.3) is 0 Å². The van der Waals surface area contributed by atoms with E-state index in [1.807, 2.05) is 30.0 Å². The summed E-state index contributed by atoms with van der Waals surface area (Å²) in [7, 11) is 1.62. The molecule has 0 radical (unpaired) electrons. The van der Waals surface area contributed by atoms with E-state index in [2.05, 4.69) is 10.6 Å². The predicted molar refractivity (Wildman–Crippen MR) is 101 cm³/mol. The molecule has 1 heterocycles. The summed E-state index contributed by atoms with van der Waals surface area (Å²) in [5.74, 6) is 0.928. The number of carbonyl (C=O) groups is 2. The maximum absolute atomic E-state index is 12.4. The van der Waals surface area contributed by atoms with E-state index in [0.29, 0.717) is 19.0 Å². The van der Waals surface area contributed by atoms with E-state index in [0.717, 1.165) is 29.8 Å². The van der Waals surface area contributed by atoms with E-state index in [4.69, 9.17) is 4.74 Å². The van der Waals surface area contributed by atoms with Crippen molar-refractivity contribution >= 4 is 17.6 Å². The average Bonchev–Trinajstić information content (AvgIpc) is 2.82. The summed E-state index contributed by atoms with van der Waals surface area (Å²) in [6.07, 6.45) is 7.51. The molecule has 0 aromatic heterocycles. The topological polar surface area (TPSA) is 70.7 Å². The number of rotatable bonds is 4. The van der Waals surface area contributed by atoms with Crippen molar-refractivity contribution in [2.75, 3.05) is 19.0 Å². The molecule has 3 amide bonds. The van der Waals surface area contributed by atoms with Gasteiger partial charge in [0.1, 0.15) is 5.75 Å². The maximum atomic E-state index is 12.4. The lowest BCUT2D eigenvalue weighted by molar-refractivity contribution is -0.129. The van der Waals surface area contributed by atoms with E-state index in [-0.39, 0.29) is 18.0 Å². The molecule has 2 aliphatic rings. The first kappa shape index (κ1) is 18.5. The van der Waals surface area contributed by atoms with Crippen molar-refractivity contribution in [3.63, 3.8) is 0 Å². The number of aryl methyl sites for hydroxylation is 1. The molecule has 0 bridgehead atoms. The Kier molecular flexibility index (Phi) is 6.01. The van der Waals surface area contributed by atoms with Crippen LogP contribution in [0.1, 0.15) is 50.5 Å². The zero-order valence-electron chi connectivity index (χ0n) is 15.7. The summed E-state index contributed by atoms with van der Waals surface area (Å²) in [4.78, 5) is 26.7. The Hall–Kier alpha value is -2.24. The van der Waals surface area contributed by atoms with Crippen molar-refractivity contribution in [1.29, 1.82) is 0 Å². The molecule has 6 nitrogen and oxygen atoms in total. The molecule has 0 spiro atoms. The highest BCUT2D eigenvalue weighted by atomic mass is 16.5. The molecule has 6 heteroatoms. The Morgan fingerprint density at radius 3 is 2.58 bits per heavy atom.